The zero-order chi connectivity index (χ0) is 19.3. The lowest BCUT2D eigenvalue weighted by molar-refractivity contribution is -0.120. The second-order valence-corrected chi connectivity index (χ2v) is 9.56. The summed E-state index contributed by atoms with van der Waals surface area (Å²) >= 11 is 0. The molecule has 1 heterocycles. The van der Waals surface area contributed by atoms with Crippen LogP contribution in [-0.2, 0) is 21.2 Å². The van der Waals surface area contributed by atoms with Gasteiger partial charge in [-0.25, -0.2) is 8.42 Å². The van der Waals surface area contributed by atoms with E-state index in [2.05, 4.69) is 14.9 Å². The standard InChI is InChI=1S/C20H31N3O3S/c1-27(25,26)22-18-12-7-13-19-17(18)11-8-14-23(19)15-20(24)21-16-9-5-3-2-4-6-10-16/h7,12-13,16,22H,2-6,8-11,14-15H2,1H3,(H,21,24). The van der Waals surface area contributed by atoms with Gasteiger partial charge in [0.2, 0.25) is 15.9 Å². The minimum absolute atomic E-state index is 0.0647. The zero-order valence-electron chi connectivity index (χ0n) is 16.2. The van der Waals surface area contributed by atoms with Crippen LogP contribution in [0.15, 0.2) is 18.2 Å². The third-order valence-corrected chi connectivity index (χ3v) is 6.04. The number of amides is 1. The Morgan fingerprint density at radius 2 is 1.81 bits per heavy atom. The summed E-state index contributed by atoms with van der Waals surface area (Å²) in [5.41, 5.74) is 2.57. The number of hydrogen-bond acceptors (Lipinski definition) is 4. The Kier molecular flexibility index (Phi) is 6.63. The van der Waals surface area contributed by atoms with Crippen LogP contribution >= 0.6 is 0 Å². The van der Waals surface area contributed by atoms with E-state index in [1.807, 2.05) is 12.1 Å². The third-order valence-electron chi connectivity index (χ3n) is 5.45. The summed E-state index contributed by atoms with van der Waals surface area (Å²) in [5.74, 6) is 0.0647. The molecule has 7 heteroatoms. The number of fused-ring (bicyclic) bond motifs is 1. The van der Waals surface area contributed by atoms with Gasteiger partial charge in [-0.15, -0.1) is 0 Å². The van der Waals surface area contributed by atoms with Gasteiger partial charge in [0.05, 0.1) is 18.5 Å². The maximum absolute atomic E-state index is 12.6. The summed E-state index contributed by atoms with van der Waals surface area (Å²) < 4.78 is 25.9. The number of hydrogen-bond donors (Lipinski definition) is 2. The molecule has 0 unspecified atom stereocenters. The Morgan fingerprint density at radius 1 is 1.11 bits per heavy atom. The minimum atomic E-state index is -3.32. The van der Waals surface area contributed by atoms with Gasteiger partial charge in [-0.05, 0) is 43.4 Å². The number of carbonyl (C=O) groups is 1. The van der Waals surface area contributed by atoms with Gasteiger partial charge in [-0.3, -0.25) is 9.52 Å². The van der Waals surface area contributed by atoms with Crippen molar-refractivity contribution in [1.29, 1.82) is 0 Å². The molecule has 6 nitrogen and oxygen atoms in total. The highest BCUT2D eigenvalue weighted by Crippen LogP contribution is 2.33. The Balaban J connectivity index is 1.66. The quantitative estimate of drug-likeness (QED) is 0.806. The average Bonchev–Trinajstić information content (AvgIpc) is 2.57. The van der Waals surface area contributed by atoms with Crippen LogP contribution in [0.3, 0.4) is 0 Å². The van der Waals surface area contributed by atoms with Gasteiger partial charge in [-0.2, -0.15) is 0 Å². The van der Waals surface area contributed by atoms with Crippen LogP contribution in [0.25, 0.3) is 0 Å². The van der Waals surface area contributed by atoms with Gasteiger partial charge in [-0.1, -0.05) is 38.2 Å². The van der Waals surface area contributed by atoms with Gasteiger partial charge in [0.15, 0.2) is 0 Å². The van der Waals surface area contributed by atoms with E-state index in [1.165, 1.54) is 32.1 Å². The second-order valence-electron chi connectivity index (χ2n) is 7.81. The van der Waals surface area contributed by atoms with E-state index in [-0.39, 0.29) is 5.91 Å². The molecule has 0 spiro atoms. The van der Waals surface area contributed by atoms with Crippen LogP contribution in [0, 0.1) is 0 Å². The minimum Gasteiger partial charge on any atom is -0.362 e. The van der Waals surface area contributed by atoms with E-state index in [9.17, 15) is 13.2 Å². The highest BCUT2D eigenvalue weighted by atomic mass is 32.2. The molecule has 27 heavy (non-hydrogen) atoms. The number of anilines is 2. The maximum atomic E-state index is 12.6. The molecule has 1 aliphatic carbocycles. The first kappa shape index (κ1) is 20.0. The predicted octanol–water partition coefficient (Wildman–Crippen LogP) is 3.04. The van der Waals surface area contributed by atoms with Crippen LogP contribution < -0.4 is 14.9 Å². The van der Waals surface area contributed by atoms with Crippen molar-refractivity contribution >= 4 is 27.3 Å². The lowest BCUT2D eigenvalue weighted by atomic mass is 9.96. The number of nitrogens with zero attached hydrogens (tertiary/aromatic N) is 1. The smallest absolute Gasteiger partial charge is 0.239 e. The van der Waals surface area contributed by atoms with Crippen LogP contribution in [0.5, 0.6) is 0 Å². The number of rotatable bonds is 5. The number of sulfonamides is 1. The molecule has 2 N–H and O–H groups in total. The first-order valence-electron chi connectivity index (χ1n) is 10.1. The van der Waals surface area contributed by atoms with Crippen molar-refractivity contribution < 1.29 is 13.2 Å². The average molecular weight is 394 g/mol. The summed E-state index contributed by atoms with van der Waals surface area (Å²) in [5, 5.41) is 3.23. The Bertz CT molecular complexity index is 756. The summed E-state index contributed by atoms with van der Waals surface area (Å²) in [6.07, 6.45) is 11.3. The molecule has 1 aromatic rings. The summed E-state index contributed by atoms with van der Waals surface area (Å²) in [6.45, 7) is 1.14. The maximum Gasteiger partial charge on any atom is 0.239 e. The molecule has 1 amide bonds. The van der Waals surface area contributed by atoms with Crippen LogP contribution in [-0.4, -0.2) is 39.7 Å². The molecule has 1 saturated carbocycles. The first-order chi connectivity index (χ1) is 12.9. The number of nitrogens with one attached hydrogen (secondary N) is 2. The highest BCUT2D eigenvalue weighted by Gasteiger charge is 2.23. The molecule has 0 atom stereocenters. The molecule has 0 aromatic heterocycles. The predicted molar refractivity (Wildman–Crippen MR) is 110 cm³/mol. The molecule has 1 aliphatic heterocycles. The topological polar surface area (TPSA) is 78.5 Å². The van der Waals surface area contributed by atoms with Crippen LogP contribution in [0.2, 0.25) is 0 Å². The van der Waals surface area contributed by atoms with E-state index in [0.717, 1.165) is 49.7 Å². The fourth-order valence-electron chi connectivity index (χ4n) is 4.21. The van der Waals surface area contributed by atoms with Gasteiger partial charge >= 0.3 is 0 Å². The first-order valence-corrected chi connectivity index (χ1v) is 12.0. The second kappa shape index (κ2) is 8.95. The Morgan fingerprint density at radius 3 is 2.52 bits per heavy atom. The van der Waals surface area contributed by atoms with E-state index >= 15 is 0 Å². The third kappa shape index (κ3) is 5.86. The lowest BCUT2D eigenvalue weighted by Gasteiger charge is -2.32. The molecule has 1 fully saturated rings. The molecule has 1 aromatic carbocycles. The van der Waals surface area contributed by atoms with E-state index in [0.29, 0.717) is 18.3 Å². The van der Waals surface area contributed by atoms with Crippen LogP contribution in [0.4, 0.5) is 11.4 Å². The van der Waals surface area contributed by atoms with Crippen molar-refractivity contribution in [3.05, 3.63) is 23.8 Å². The zero-order valence-corrected chi connectivity index (χ0v) is 17.0. The molecule has 150 valence electrons. The summed E-state index contributed by atoms with van der Waals surface area (Å²) in [7, 11) is -3.32. The van der Waals surface area contributed by atoms with Crippen molar-refractivity contribution in [2.45, 2.75) is 63.8 Å². The van der Waals surface area contributed by atoms with Crippen molar-refractivity contribution in [3.63, 3.8) is 0 Å². The van der Waals surface area contributed by atoms with Crippen molar-refractivity contribution in [2.24, 2.45) is 0 Å². The Hall–Kier alpha value is -1.76. The highest BCUT2D eigenvalue weighted by molar-refractivity contribution is 7.92. The number of benzene rings is 1. The van der Waals surface area contributed by atoms with E-state index in [1.54, 1.807) is 6.07 Å². The number of carbonyl (C=O) groups excluding carboxylic acids is 1. The summed E-state index contributed by atoms with van der Waals surface area (Å²) in [6, 6.07) is 5.90. The SMILES string of the molecule is CS(=O)(=O)Nc1cccc2c1CCCN2CC(=O)NC1CCCCCCC1. The molecular weight excluding hydrogens is 362 g/mol. The van der Waals surface area contributed by atoms with E-state index in [4.69, 9.17) is 0 Å². The van der Waals surface area contributed by atoms with E-state index < -0.39 is 10.0 Å². The lowest BCUT2D eigenvalue weighted by Crippen LogP contribution is -2.44. The normalized spacial score (nSPS) is 18.9. The monoisotopic (exact) mass is 393 g/mol. The molecular formula is C20H31N3O3S. The van der Waals surface area contributed by atoms with Crippen molar-refractivity contribution in [3.8, 4) is 0 Å². The fourth-order valence-corrected chi connectivity index (χ4v) is 4.80. The van der Waals surface area contributed by atoms with Gasteiger partial charge in [0, 0.05) is 18.3 Å². The summed E-state index contributed by atoms with van der Waals surface area (Å²) in [4.78, 5) is 14.7. The Labute approximate surface area is 162 Å². The molecule has 2 aliphatic rings. The largest absolute Gasteiger partial charge is 0.362 e. The van der Waals surface area contributed by atoms with Gasteiger partial charge in [0.1, 0.15) is 0 Å². The van der Waals surface area contributed by atoms with Crippen molar-refractivity contribution in [2.75, 3.05) is 29.0 Å². The van der Waals surface area contributed by atoms with Crippen LogP contribution in [0.1, 0.15) is 56.9 Å². The molecule has 0 saturated heterocycles. The van der Waals surface area contributed by atoms with Crippen molar-refractivity contribution in [1.82, 2.24) is 5.32 Å². The fraction of sp³-hybridized carbons (Fsp3) is 0.650. The van der Waals surface area contributed by atoms with Gasteiger partial charge in [0.25, 0.3) is 0 Å². The molecule has 0 bridgehead atoms. The molecule has 3 rings (SSSR count). The van der Waals surface area contributed by atoms with Gasteiger partial charge < -0.3 is 10.2 Å². The molecule has 0 radical (unpaired) electrons.